The second-order valence-electron chi connectivity index (χ2n) is 3.77. The summed E-state index contributed by atoms with van der Waals surface area (Å²) in [6.07, 6.45) is 0. The van der Waals surface area contributed by atoms with Gasteiger partial charge in [0.15, 0.2) is 0 Å². The lowest BCUT2D eigenvalue weighted by Gasteiger charge is -2.17. The Kier molecular flexibility index (Phi) is 3.36. The Bertz CT molecular complexity index is 310. The van der Waals surface area contributed by atoms with Gasteiger partial charge < -0.3 is 16.2 Å². The normalized spacial score (nSPS) is 12.9. The van der Waals surface area contributed by atoms with Crippen LogP contribution in [-0.2, 0) is 0 Å². The molecule has 1 atom stereocenters. The largest absolute Gasteiger partial charge is 0.495 e. The number of hydrogen-bond acceptors (Lipinski definition) is 3. The minimum absolute atomic E-state index is 0.0319. The third kappa shape index (κ3) is 2.17. The average Bonchev–Trinajstić information content (AvgIpc) is 2.17. The Hall–Kier alpha value is -1.22. The van der Waals surface area contributed by atoms with Gasteiger partial charge in [-0.15, -0.1) is 0 Å². The van der Waals surface area contributed by atoms with E-state index < -0.39 is 0 Å². The molecule has 0 unspecified atom stereocenters. The number of hydrogen-bond donors (Lipinski definition) is 2. The first-order chi connectivity index (χ1) is 6.56. The number of ether oxygens (including phenoxy) is 1. The summed E-state index contributed by atoms with van der Waals surface area (Å²) < 4.78 is 5.13. The molecule has 0 aromatic heterocycles. The third-order valence-corrected chi connectivity index (χ3v) is 2.36. The minimum Gasteiger partial charge on any atom is -0.495 e. The van der Waals surface area contributed by atoms with Crippen LogP contribution in [0.4, 0.5) is 5.69 Å². The molecule has 0 radical (unpaired) electrons. The number of methoxy groups -OCH3 is 1. The Balaban J connectivity index is 3.00. The summed E-state index contributed by atoms with van der Waals surface area (Å²) in [6, 6.07) is 5.71. The van der Waals surface area contributed by atoms with E-state index in [1.54, 1.807) is 7.11 Å². The van der Waals surface area contributed by atoms with Crippen molar-refractivity contribution in [1.82, 2.24) is 0 Å². The van der Waals surface area contributed by atoms with Crippen molar-refractivity contribution in [3.05, 3.63) is 23.8 Å². The minimum atomic E-state index is 0.0319. The van der Waals surface area contributed by atoms with Gasteiger partial charge in [-0.2, -0.15) is 0 Å². The van der Waals surface area contributed by atoms with Gasteiger partial charge in [-0.3, -0.25) is 0 Å². The zero-order chi connectivity index (χ0) is 10.7. The zero-order valence-electron chi connectivity index (χ0n) is 8.95. The van der Waals surface area contributed by atoms with Gasteiger partial charge in [0.05, 0.1) is 12.8 Å². The summed E-state index contributed by atoms with van der Waals surface area (Å²) >= 11 is 0. The smallest absolute Gasteiger partial charge is 0.142 e. The van der Waals surface area contributed by atoms with Crippen molar-refractivity contribution in [2.24, 2.45) is 11.7 Å². The highest BCUT2D eigenvalue weighted by atomic mass is 16.5. The van der Waals surface area contributed by atoms with E-state index in [1.165, 1.54) is 0 Å². The zero-order valence-corrected chi connectivity index (χ0v) is 8.95. The Morgan fingerprint density at radius 3 is 2.43 bits per heavy atom. The van der Waals surface area contributed by atoms with Gasteiger partial charge in [0.1, 0.15) is 5.75 Å². The van der Waals surface area contributed by atoms with Crippen LogP contribution in [0.5, 0.6) is 5.75 Å². The SMILES string of the molecule is COc1cc([C@H](N)C(C)C)ccc1N. The summed E-state index contributed by atoms with van der Waals surface area (Å²) in [6.45, 7) is 4.18. The first kappa shape index (κ1) is 10.9. The van der Waals surface area contributed by atoms with E-state index in [4.69, 9.17) is 16.2 Å². The van der Waals surface area contributed by atoms with Crippen LogP contribution in [-0.4, -0.2) is 7.11 Å². The summed E-state index contributed by atoms with van der Waals surface area (Å²) in [4.78, 5) is 0. The first-order valence-electron chi connectivity index (χ1n) is 4.75. The van der Waals surface area contributed by atoms with Gasteiger partial charge in [0.2, 0.25) is 0 Å². The van der Waals surface area contributed by atoms with Crippen molar-refractivity contribution in [3.63, 3.8) is 0 Å². The van der Waals surface area contributed by atoms with Crippen LogP contribution < -0.4 is 16.2 Å². The number of benzene rings is 1. The molecule has 0 saturated carbocycles. The highest BCUT2D eigenvalue weighted by molar-refractivity contribution is 5.54. The lowest BCUT2D eigenvalue weighted by molar-refractivity contribution is 0.414. The quantitative estimate of drug-likeness (QED) is 0.723. The molecule has 0 aliphatic carbocycles. The maximum absolute atomic E-state index is 6.02. The van der Waals surface area contributed by atoms with E-state index >= 15 is 0 Å². The molecule has 1 aromatic rings. The lowest BCUT2D eigenvalue weighted by atomic mass is 9.97. The van der Waals surface area contributed by atoms with Crippen LogP contribution in [0.15, 0.2) is 18.2 Å². The molecule has 78 valence electrons. The predicted octanol–water partition coefficient (Wildman–Crippen LogP) is 1.93. The molecule has 1 rings (SSSR count). The fraction of sp³-hybridized carbons (Fsp3) is 0.455. The topological polar surface area (TPSA) is 61.3 Å². The Morgan fingerprint density at radius 1 is 1.29 bits per heavy atom. The highest BCUT2D eigenvalue weighted by Crippen LogP contribution is 2.27. The van der Waals surface area contributed by atoms with Crippen LogP contribution >= 0.6 is 0 Å². The van der Waals surface area contributed by atoms with E-state index in [0.717, 1.165) is 5.56 Å². The van der Waals surface area contributed by atoms with Crippen LogP contribution in [0.3, 0.4) is 0 Å². The molecule has 0 spiro atoms. The van der Waals surface area contributed by atoms with E-state index in [9.17, 15) is 0 Å². The fourth-order valence-corrected chi connectivity index (χ4v) is 1.32. The highest BCUT2D eigenvalue weighted by Gasteiger charge is 2.11. The molecule has 0 amide bonds. The van der Waals surface area contributed by atoms with E-state index in [-0.39, 0.29) is 6.04 Å². The predicted molar refractivity (Wildman–Crippen MR) is 59.2 cm³/mol. The lowest BCUT2D eigenvalue weighted by Crippen LogP contribution is -2.16. The van der Waals surface area contributed by atoms with E-state index in [1.807, 2.05) is 18.2 Å². The summed E-state index contributed by atoms with van der Waals surface area (Å²) in [5.74, 6) is 1.10. The molecule has 0 aliphatic heterocycles. The molecular formula is C11H18N2O. The maximum Gasteiger partial charge on any atom is 0.142 e. The summed E-state index contributed by atoms with van der Waals surface area (Å²) in [5, 5.41) is 0. The average molecular weight is 194 g/mol. The van der Waals surface area contributed by atoms with Crippen molar-refractivity contribution in [2.45, 2.75) is 19.9 Å². The van der Waals surface area contributed by atoms with Crippen molar-refractivity contribution >= 4 is 5.69 Å². The molecule has 1 aromatic carbocycles. The number of rotatable bonds is 3. The van der Waals surface area contributed by atoms with Gasteiger partial charge in [-0.05, 0) is 23.6 Å². The van der Waals surface area contributed by atoms with Crippen molar-refractivity contribution in [1.29, 1.82) is 0 Å². The molecule has 0 fully saturated rings. The fourth-order valence-electron chi connectivity index (χ4n) is 1.32. The Labute approximate surface area is 85.0 Å². The van der Waals surface area contributed by atoms with E-state index in [2.05, 4.69) is 13.8 Å². The molecule has 3 heteroatoms. The van der Waals surface area contributed by atoms with Gasteiger partial charge in [-0.25, -0.2) is 0 Å². The van der Waals surface area contributed by atoms with Crippen molar-refractivity contribution in [3.8, 4) is 5.75 Å². The van der Waals surface area contributed by atoms with Crippen LogP contribution in [0.1, 0.15) is 25.5 Å². The number of nitrogens with two attached hydrogens (primary N) is 2. The van der Waals surface area contributed by atoms with Crippen LogP contribution in [0, 0.1) is 5.92 Å². The summed E-state index contributed by atoms with van der Waals surface area (Å²) in [7, 11) is 1.61. The first-order valence-corrected chi connectivity index (χ1v) is 4.75. The molecule has 0 saturated heterocycles. The van der Waals surface area contributed by atoms with Gasteiger partial charge >= 0.3 is 0 Å². The molecular weight excluding hydrogens is 176 g/mol. The Morgan fingerprint density at radius 2 is 1.93 bits per heavy atom. The molecule has 0 heterocycles. The second kappa shape index (κ2) is 4.33. The molecule has 0 bridgehead atoms. The van der Waals surface area contributed by atoms with E-state index in [0.29, 0.717) is 17.4 Å². The van der Waals surface area contributed by atoms with Crippen molar-refractivity contribution < 1.29 is 4.74 Å². The molecule has 3 nitrogen and oxygen atoms in total. The number of nitrogen functional groups attached to an aromatic ring is 1. The third-order valence-electron chi connectivity index (χ3n) is 2.36. The van der Waals surface area contributed by atoms with Crippen LogP contribution in [0.25, 0.3) is 0 Å². The molecule has 14 heavy (non-hydrogen) atoms. The second-order valence-corrected chi connectivity index (χ2v) is 3.77. The van der Waals surface area contributed by atoms with Gasteiger partial charge in [-0.1, -0.05) is 19.9 Å². The molecule has 0 aliphatic rings. The molecule has 4 N–H and O–H groups in total. The van der Waals surface area contributed by atoms with Crippen molar-refractivity contribution in [2.75, 3.05) is 12.8 Å². The summed E-state index contributed by atoms with van der Waals surface area (Å²) in [5.41, 5.74) is 13.4. The number of anilines is 1. The van der Waals surface area contributed by atoms with Gasteiger partial charge in [0.25, 0.3) is 0 Å². The van der Waals surface area contributed by atoms with Crippen LogP contribution in [0.2, 0.25) is 0 Å². The maximum atomic E-state index is 6.02. The standard InChI is InChI=1S/C11H18N2O/c1-7(2)11(13)8-4-5-9(12)10(6-8)14-3/h4-7,11H,12-13H2,1-3H3/t11-/m1/s1. The van der Waals surface area contributed by atoms with Gasteiger partial charge in [0, 0.05) is 6.04 Å². The monoisotopic (exact) mass is 194 g/mol.